The molecule has 27 heavy (non-hydrogen) atoms. The average molecular weight is 380 g/mol. The summed E-state index contributed by atoms with van der Waals surface area (Å²) in [6, 6.07) is 12.5. The lowest BCUT2D eigenvalue weighted by atomic mass is 10.2. The van der Waals surface area contributed by atoms with Crippen LogP contribution in [0.25, 0.3) is 5.69 Å². The first-order chi connectivity index (χ1) is 13.0. The molecule has 0 aliphatic rings. The molecule has 3 aromatic rings. The molecule has 2 aromatic heterocycles. The highest BCUT2D eigenvalue weighted by atomic mass is 32.1. The first-order valence-corrected chi connectivity index (χ1v) is 8.83. The van der Waals surface area contributed by atoms with E-state index in [9.17, 15) is 9.59 Å². The van der Waals surface area contributed by atoms with E-state index in [0.717, 1.165) is 4.88 Å². The summed E-state index contributed by atoms with van der Waals surface area (Å²) in [6.45, 7) is 0.463. The number of nitriles is 1. The number of anilines is 1. The van der Waals surface area contributed by atoms with Crippen LogP contribution in [0.15, 0.2) is 48.0 Å². The van der Waals surface area contributed by atoms with Crippen molar-refractivity contribution in [1.82, 2.24) is 9.88 Å². The van der Waals surface area contributed by atoms with Gasteiger partial charge in [-0.2, -0.15) is 5.26 Å². The minimum Gasteiger partial charge on any atom is -0.464 e. The van der Waals surface area contributed by atoms with Gasteiger partial charge in [0, 0.05) is 22.3 Å². The molecule has 0 bridgehead atoms. The number of esters is 1. The van der Waals surface area contributed by atoms with Gasteiger partial charge in [-0.3, -0.25) is 4.79 Å². The zero-order valence-corrected chi connectivity index (χ0v) is 15.2. The van der Waals surface area contributed by atoms with Crippen molar-refractivity contribution in [3.05, 3.63) is 69.7 Å². The number of nitrogens with one attached hydrogen (secondary N) is 1. The van der Waals surface area contributed by atoms with Crippen molar-refractivity contribution < 1.29 is 14.3 Å². The number of rotatable bonds is 5. The van der Waals surface area contributed by atoms with Gasteiger partial charge < -0.3 is 20.4 Å². The topological polar surface area (TPSA) is 110 Å². The molecule has 3 rings (SSSR count). The Morgan fingerprint density at radius 2 is 2.04 bits per heavy atom. The van der Waals surface area contributed by atoms with Crippen LogP contribution < -0.4 is 11.1 Å². The van der Waals surface area contributed by atoms with E-state index in [1.54, 1.807) is 35.6 Å². The molecule has 7 nitrogen and oxygen atoms in total. The number of carbonyl (C=O) groups excluding carboxylic acids is 2. The smallest absolute Gasteiger partial charge is 0.357 e. The number of ether oxygens (including phenoxy) is 1. The molecule has 0 unspecified atom stereocenters. The first kappa shape index (κ1) is 18.2. The molecule has 1 amide bonds. The quantitative estimate of drug-likeness (QED) is 0.661. The molecule has 0 spiro atoms. The van der Waals surface area contributed by atoms with E-state index in [-0.39, 0.29) is 22.9 Å². The van der Waals surface area contributed by atoms with Crippen LogP contribution in [0.5, 0.6) is 0 Å². The Bertz CT molecular complexity index is 1010. The van der Waals surface area contributed by atoms with Gasteiger partial charge in [-0.25, -0.2) is 4.79 Å². The lowest BCUT2D eigenvalue weighted by molar-refractivity contribution is 0.0592. The van der Waals surface area contributed by atoms with Gasteiger partial charge in [0.05, 0.1) is 24.9 Å². The molecule has 0 fully saturated rings. The SMILES string of the molecule is COC(=O)c1c(N)c(C#N)cn1-c1ccc(C(=O)NCc2cccs2)cc1. The second kappa shape index (κ2) is 7.76. The Labute approximate surface area is 159 Å². The fourth-order valence-electron chi connectivity index (χ4n) is 2.57. The third-order valence-corrected chi connectivity index (χ3v) is 4.83. The second-order valence-electron chi connectivity index (χ2n) is 5.59. The van der Waals surface area contributed by atoms with E-state index in [0.29, 0.717) is 17.8 Å². The van der Waals surface area contributed by atoms with Gasteiger partial charge in [0.1, 0.15) is 6.07 Å². The highest BCUT2D eigenvalue weighted by Gasteiger charge is 2.21. The summed E-state index contributed by atoms with van der Waals surface area (Å²) >= 11 is 1.57. The van der Waals surface area contributed by atoms with Gasteiger partial charge in [-0.05, 0) is 35.7 Å². The van der Waals surface area contributed by atoms with Gasteiger partial charge in [-0.15, -0.1) is 11.3 Å². The molecule has 136 valence electrons. The summed E-state index contributed by atoms with van der Waals surface area (Å²) < 4.78 is 6.23. The molecule has 0 saturated heterocycles. The van der Waals surface area contributed by atoms with E-state index < -0.39 is 5.97 Å². The molecule has 0 atom stereocenters. The van der Waals surface area contributed by atoms with Crippen LogP contribution in [0.3, 0.4) is 0 Å². The standard InChI is InChI=1S/C19H16N4O3S/c1-26-19(25)17-16(21)13(9-20)11-23(17)14-6-4-12(5-7-14)18(24)22-10-15-3-2-8-27-15/h2-8,11H,10,21H2,1H3,(H,22,24). The first-order valence-electron chi connectivity index (χ1n) is 7.95. The molecule has 1 aromatic carbocycles. The molecule has 8 heteroatoms. The van der Waals surface area contributed by atoms with Crippen LogP contribution in [0.1, 0.15) is 31.3 Å². The summed E-state index contributed by atoms with van der Waals surface area (Å²) in [7, 11) is 1.24. The number of nitrogens with zero attached hydrogens (tertiary/aromatic N) is 2. The lowest BCUT2D eigenvalue weighted by Crippen LogP contribution is -2.22. The third-order valence-electron chi connectivity index (χ3n) is 3.95. The van der Waals surface area contributed by atoms with Gasteiger partial charge in [-0.1, -0.05) is 6.07 Å². The predicted octanol–water partition coefficient (Wildman–Crippen LogP) is 2.71. The summed E-state index contributed by atoms with van der Waals surface area (Å²) in [5, 5.41) is 14.0. The monoisotopic (exact) mass is 380 g/mol. The predicted molar refractivity (Wildman–Crippen MR) is 102 cm³/mol. The molecular formula is C19H16N4O3S. The molecule has 0 radical (unpaired) electrons. The maximum atomic E-state index is 12.3. The number of aromatic nitrogens is 1. The minimum absolute atomic E-state index is 0.0575. The van der Waals surface area contributed by atoms with Crippen molar-refractivity contribution in [1.29, 1.82) is 5.26 Å². The van der Waals surface area contributed by atoms with Gasteiger partial charge in [0.2, 0.25) is 0 Å². The summed E-state index contributed by atoms with van der Waals surface area (Å²) in [6.07, 6.45) is 1.47. The van der Waals surface area contributed by atoms with Crippen molar-refractivity contribution in [3.63, 3.8) is 0 Å². The normalized spacial score (nSPS) is 10.2. The molecule has 0 aliphatic carbocycles. The Hall–Kier alpha value is -3.57. The van der Waals surface area contributed by atoms with Crippen molar-refractivity contribution in [2.24, 2.45) is 0 Å². The summed E-state index contributed by atoms with van der Waals surface area (Å²) in [5.74, 6) is -0.848. The number of nitrogen functional groups attached to an aromatic ring is 1. The molecule has 0 saturated carbocycles. The van der Waals surface area contributed by atoms with Crippen LogP contribution in [0.2, 0.25) is 0 Å². The number of carbonyl (C=O) groups is 2. The largest absolute Gasteiger partial charge is 0.464 e. The van der Waals surface area contributed by atoms with Crippen molar-refractivity contribution in [3.8, 4) is 11.8 Å². The van der Waals surface area contributed by atoms with E-state index in [1.807, 2.05) is 23.6 Å². The van der Waals surface area contributed by atoms with Gasteiger partial charge in [0.15, 0.2) is 5.69 Å². The Morgan fingerprint density at radius 1 is 1.30 bits per heavy atom. The van der Waals surface area contributed by atoms with Crippen LogP contribution in [-0.2, 0) is 11.3 Å². The highest BCUT2D eigenvalue weighted by molar-refractivity contribution is 7.09. The number of nitrogens with two attached hydrogens (primary N) is 1. The maximum absolute atomic E-state index is 12.3. The van der Waals surface area contributed by atoms with E-state index in [2.05, 4.69) is 5.32 Å². The molecular weight excluding hydrogens is 364 g/mol. The second-order valence-corrected chi connectivity index (χ2v) is 6.62. The van der Waals surface area contributed by atoms with Crippen molar-refractivity contribution in [2.45, 2.75) is 6.54 Å². The maximum Gasteiger partial charge on any atom is 0.357 e. The third kappa shape index (κ3) is 3.68. The Balaban J connectivity index is 1.84. The molecule has 2 heterocycles. The van der Waals surface area contributed by atoms with E-state index in [4.69, 9.17) is 15.7 Å². The van der Waals surface area contributed by atoms with Crippen molar-refractivity contribution >= 4 is 28.9 Å². The zero-order valence-electron chi connectivity index (χ0n) is 14.4. The van der Waals surface area contributed by atoms with Gasteiger partial charge >= 0.3 is 5.97 Å². The fraction of sp³-hybridized carbons (Fsp3) is 0.105. The minimum atomic E-state index is -0.647. The average Bonchev–Trinajstić information content (AvgIpc) is 3.33. The fourth-order valence-corrected chi connectivity index (χ4v) is 3.22. The van der Waals surface area contributed by atoms with Crippen LogP contribution >= 0.6 is 11.3 Å². The summed E-state index contributed by atoms with van der Waals surface area (Å²) in [5.41, 5.74) is 7.25. The van der Waals surface area contributed by atoms with Crippen LogP contribution in [-0.4, -0.2) is 23.6 Å². The number of thiophene rings is 1. The molecule has 0 aliphatic heterocycles. The van der Waals surface area contributed by atoms with Crippen LogP contribution in [0.4, 0.5) is 5.69 Å². The summed E-state index contributed by atoms with van der Waals surface area (Å²) in [4.78, 5) is 25.4. The number of benzene rings is 1. The lowest BCUT2D eigenvalue weighted by Gasteiger charge is -2.09. The number of hydrogen-bond donors (Lipinski definition) is 2. The van der Waals surface area contributed by atoms with Crippen LogP contribution in [0, 0.1) is 11.3 Å². The number of hydrogen-bond acceptors (Lipinski definition) is 6. The van der Waals surface area contributed by atoms with Gasteiger partial charge in [0.25, 0.3) is 5.91 Å². The zero-order chi connectivity index (χ0) is 19.4. The Kier molecular flexibility index (Phi) is 5.24. The highest BCUT2D eigenvalue weighted by Crippen LogP contribution is 2.25. The van der Waals surface area contributed by atoms with E-state index in [1.165, 1.54) is 17.9 Å². The molecule has 3 N–H and O–H groups in total. The van der Waals surface area contributed by atoms with E-state index >= 15 is 0 Å². The Morgan fingerprint density at radius 3 is 2.63 bits per heavy atom. The number of amides is 1. The van der Waals surface area contributed by atoms with Crippen molar-refractivity contribution in [2.75, 3.05) is 12.8 Å². The number of methoxy groups -OCH3 is 1.